The lowest BCUT2D eigenvalue weighted by atomic mass is 10.1. The minimum atomic E-state index is -0.0166. The van der Waals surface area contributed by atoms with E-state index in [1.54, 1.807) is 12.4 Å². The van der Waals surface area contributed by atoms with Crippen LogP contribution in [0.1, 0.15) is 23.1 Å². The maximum Gasteiger partial charge on any atom is 0.224 e. The molecule has 122 valence electrons. The van der Waals surface area contributed by atoms with E-state index in [0.717, 1.165) is 22.4 Å². The average molecular weight is 326 g/mol. The second kappa shape index (κ2) is 8.47. The van der Waals surface area contributed by atoms with Gasteiger partial charge in [-0.3, -0.25) is 9.78 Å². The lowest BCUT2D eigenvalue weighted by Crippen LogP contribution is -2.12. The molecule has 25 heavy (non-hydrogen) atoms. The van der Waals surface area contributed by atoms with Gasteiger partial charge < -0.3 is 5.32 Å². The highest BCUT2D eigenvalue weighted by molar-refractivity contribution is 5.91. The number of aromatic nitrogens is 1. The Hall–Kier alpha value is -3.38. The van der Waals surface area contributed by atoms with Crippen LogP contribution in [0, 0.1) is 11.8 Å². The molecule has 2 aromatic carbocycles. The second-order valence-corrected chi connectivity index (χ2v) is 5.61. The molecule has 0 unspecified atom stereocenters. The molecule has 1 N–H and O–H groups in total. The third kappa shape index (κ3) is 5.33. The zero-order valence-electron chi connectivity index (χ0n) is 13.8. The highest BCUT2D eigenvalue weighted by Gasteiger charge is 2.03. The molecule has 0 aliphatic heterocycles. The number of hydrogen-bond acceptors (Lipinski definition) is 2. The Morgan fingerprint density at radius 1 is 0.920 bits per heavy atom. The molecule has 1 heterocycles. The van der Waals surface area contributed by atoms with Crippen LogP contribution in [0.4, 0.5) is 5.69 Å². The predicted molar refractivity (Wildman–Crippen MR) is 100 cm³/mol. The molecule has 3 aromatic rings. The molecule has 0 saturated carbocycles. The van der Waals surface area contributed by atoms with Crippen molar-refractivity contribution in [1.29, 1.82) is 0 Å². The van der Waals surface area contributed by atoms with E-state index in [1.807, 2.05) is 66.7 Å². The smallest absolute Gasteiger partial charge is 0.224 e. The summed E-state index contributed by atoms with van der Waals surface area (Å²) in [7, 11) is 0. The van der Waals surface area contributed by atoms with E-state index in [1.165, 1.54) is 0 Å². The van der Waals surface area contributed by atoms with E-state index >= 15 is 0 Å². The van der Waals surface area contributed by atoms with Gasteiger partial charge in [0.15, 0.2) is 0 Å². The molecule has 0 bridgehead atoms. The summed E-state index contributed by atoms with van der Waals surface area (Å²) < 4.78 is 0. The molecule has 0 saturated heterocycles. The number of carbonyl (C=O) groups excluding carboxylic acids is 1. The molecule has 3 heteroatoms. The fourth-order valence-electron chi connectivity index (χ4n) is 2.37. The third-order valence-electron chi connectivity index (χ3n) is 3.63. The number of anilines is 1. The number of hydrogen-bond donors (Lipinski definition) is 1. The van der Waals surface area contributed by atoms with Crippen LogP contribution in [0.15, 0.2) is 79.1 Å². The van der Waals surface area contributed by atoms with Crippen LogP contribution < -0.4 is 5.32 Å². The Labute approximate surface area is 147 Å². The Morgan fingerprint density at radius 3 is 2.52 bits per heavy atom. The van der Waals surface area contributed by atoms with Crippen molar-refractivity contribution in [2.75, 3.05) is 5.32 Å². The summed E-state index contributed by atoms with van der Waals surface area (Å²) in [6.45, 7) is 0. The molecular weight excluding hydrogens is 308 g/mol. The summed E-state index contributed by atoms with van der Waals surface area (Å²) in [6, 6.07) is 21.3. The van der Waals surface area contributed by atoms with Crippen LogP contribution in [-0.4, -0.2) is 10.9 Å². The van der Waals surface area contributed by atoms with E-state index in [9.17, 15) is 4.79 Å². The molecular formula is C22H18N2O. The first-order chi connectivity index (χ1) is 12.3. The number of amides is 1. The minimum absolute atomic E-state index is 0.0166. The number of nitrogens with zero attached hydrogens (tertiary/aromatic N) is 1. The fraction of sp³-hybridized carbons (Fsp3) is 0.0909. The van der Waals surface area contributed by atoms with Gasteiger partial charge >= 0.3 is 0 Å². The van der Waals surface area contributed by atoms with Crippen molar-refractivity contribution in [3.63, 3.8) is 0 Å². The van der Waals surface area contributed by atoms with Crippen molar-refractivity contribution in [3.05, 3.63) is 95.8 Å². The number of rotatable bonds is 4. The number of pyridine rings is 1. The van der Waals surface area contributed by atoms with Gasteiger partial charge in [0.05, 0.1) is 0 Å². The van der Waals surface area contributed by atoms with E-state index in [2.05, 4.69) is 22.1 Å². The quantitative estimate of drug-likeness (QED) is 0.735. The number of carbonyl (C=O) groups is 1. The summed E-state index contributed by atoms with van der Waals surface area (Å²) in [5.74, 6) is 6.22. The Morgan fingerprint density at radius 2 is 1.72 bits per heavy atom. The van der Waals surface area contributed by atoms with Crippen molar-refractivity contribution < 1.29 is 4.79 Å². The Bertz CT molecular complexity index is 893. The molecule has 0 aliphatic rings. The Balaban J connectivity index is 1.60. The highest BCUT2D eigenvalue weighted by Crippen LogP contribution is 2.11. The third-order valence-corrected chi connectivity index (χ3v) is 3.63. The van der Waals surface area contributed by atoms with Crippen LogP contribution in [0.5, 0.6) is 0 Å². The van der Waals surface area contributed by atoms with Crippen molar-refractivity contribution in [3.8, 4) is 11.8 Å². The Kier molecular flexibility index (Phi) is 5.58. The van der Waals surface area contributed by atoms with Crippen LogP contribution >= 0.6 is 0 Å². The molecule has 3 rings (SSSR count). The standard InChI is InChI=1S/C22H18N2O/c25-22(14-13-20-9-5-15-23-17-20)24-21-10-4-8-19(16-21)12-11-18-6-2-1-3-7-18/h1-10,15-17H,13-14H2,(H,24,25). The first kappa shape index (κ1) is 16.5. The van der Waals surface area contributed by atoms with Crippen molar-refractivity contribution in [2.45, 2.75) is 12.8 Å². The molecule has 1 aromatic heterocycles. The molecule has 0 fully saturated rings. The van der Waals surface area contributed by atoms with Crippen molar-refractivity contribution in [2.24, 2.45) is 0 Å². The maximum atomic E-state index is 12.1. The molecule has 0 atom stereocenters. The van der Waals surface area contributed by atoms with Gasteiger partial charge in [-0.05, 0) is 48.4 Å². The summed E-state index contributed by atoms with van der Waals surface area (Å²) in [5, 5.41) is 2.92. The highest BCUT2D eigenvalue weighted by atomic mass is 16.1. The molecule has 0 aliphatic carbocycles. The first-order valence-corrected chi connectivity index (χ1v) is 8.15. The first-order valence-electron chi connectivity index (χ1n) is 8.15. The van der Waals surface area contributed by atoms with Gasteiger partial charge in [0.1, 0.15) is 0 Å². The molecule has 0 radical (unpaired) electrons. The minimum Gasteiger partial charge on any atom is -0.326 e. The largest absolute Gasteiger partial charge is 0.326 e. The van der Waals surface area contributed by atoms with E-state index < -0.39 is 0 Å². The zero-order valence-corrected chi connectivity index (χ0v) is 13.8. The van der Waals surface area contributed by atoms with Crippen molar-refractivity contribution >= 4 is 11.6 Å². The van der Waals surface area contributed by atoms with Gasteiger partial charge in [0, 0.05) is 35.6 Å². The molecule has 1 amide bonds. The van der Waals surface area contributed by atoms with Gasteiger partial charge in [-0.2, -0.15) is 0 Å². The lowest BCUT2D eigenvalue weighted by Gasteiger charge is -2.05. The fourth-order valence-corrected chi connectivity index (χ4v) is 2.37. The molecule has 0 spiro atoms. The number of nitrogens with one attached hydrogen (secondary N) is 1. The normalized spacial score (nSPS) is 9.76. The SMILES string of the molecule is O=C(CCc1cccnc1)Nc1cccc(C#Cc2ccccc2)c1. The van der Waals surface area contributed by atoms with Gasteiger partial charge in [0.2, 0.25) is 5.91 Å². The number of benzene rings is 2. The van der Waals surface area contributed by atoms with Gasteiger partial charge in [-0.25, -0.2) is 0 Å². The lowest BCUT2D eigenvalue weighted by molar-refractivity contribution is -0.116. The van der Waals surface area contributed by atoms with Crippen LogP contribution in [0.2, 0.25) is 0 Å². The summed E-state index contributed by atoms with van der Waals surface area (Å²) in [5.41, 5.74) is 3.65. The van der Waals surface area contributed by atoms with Crippen LogP contribution in [0.3, 0.4) is 0 Å². The summed E-state index contributed by atoms with van der Waals surface area (Å²) in [6.07, 6.45) is 4.61. The van der Waals surface area contributed by atoms with E-state index in [0.29, 0.717) is 12.8 Å². The summed E-state index contributed by atoms with van der Waals surface area (Å²) in [4.78, 5) is 16.2. The monoisotopic (exact) mass is 326 g/mol. The average Bonchev–Trinajstić information content (AvgIpc) is 2.67. The van der Waals surface area contributed by atoms with Crippen LogP contribution in [-0.2, 0) is 11.2 Å². The topological polar surface area (TPSA) is 42.0 Å². The second-order valence-electron chi connectivity index (χ2n) is 5.61. The van der Waals surface area contributed by atoms with E-state index in [4.69, 9.17) is 0 Å². The maximum absolute atomic E-state index is 12.1. The molecule has 3 nitrogen and oxygen atoms in total. The zero-order chi connectivity index (χ0) is 17.3. The summed E-state index contributed by atoms with van der Waals surface area (Å²) >= 11 is 0. The van der Waals surface area contributed by atoms with Gasteiger partial charge in [0.25, 0.3) is 0 Å². The van der Waals surface area contributed by atoms with Crippen molar-refractivity contribution in [1.82, 2.24) is 4.98 Å². The van der Waals surface area contributed by atoms with Crippen LogP contribution in [0.25, 0.3) is 0 Å². The van der Waals surface area contributed by atoms with E-state index in [-0.39, 0.29) is 5.91 Å². The van der Waals surface area contributed by atoms with Gasteiger partial charge in [-0.1, -0.05) is 42.2 Å². The number of aryl methyl sites for hydroxylation is 1. The van der Waals surface area contributed by atoms with Gasteiger partial charge in [-0.15, -0.1) is 0 Å². The predicted octanol–water partition coefficient (Wildman–Crippen LogP) is 4.05.